The van der Waals surface area contributed by atoms with E-state index < -0.39 is 24.0 Å². The molecule has 0 bridgehead atoms. The topological polar surface area (TPSA) is 77.6 Å². The molecule has 56 valence electrons. The Morgan fingerprint density at radius 1 is 1.20 bits per heavy atom. The van der Waals surface area contributed by atoms with Crippen molar-refractivity contribution in [3.05, 3.63) is 0 Å². The average Bonchev–Trinajstić information content (AvgIpc) is 2.40. The lowest BCUT2D eigenvalue weighted by molar-refractivity contribution is -0.140. The highest BCUT2D eigenvalue weighted by molar-refractivity contribution is 5.90. The molecule has 1 saturated heterocycles. The summed E-state index contributed by atoms with van der Waals surface area (Å²) in [6.07, 6.45) is 0. The van der Waals surface area contributed by atoms with Crippen LogP contribution in [0.1, 0.15) is 0 Å². The van der Waals surface area contributed by atoms with Crippen molar-refractivity contribution in [2.24, 2.45) is 0 Å². The molecule has 1 aliphatic heterocycles. The van der Waals surface area contributed by atoms with Crippen LogP contribution in [0.2, 0.25) is 0 Å². The molecule has 0 aromatic heterocycles. The molecular weight excluding hydrogens is 138 g/mol. The molecule has 5 heteroatoms. The van der Waals surface area contributed by atoms with Crippen LogP contribution in [-0.2, 0) is 9.59 Å². The maximum atomic E-state index is 10.2. The molecule has 2 unspecified atom stereocenters. The number of nitrogens with zero attached hydrogens (tertiary/aromatic N) is 1. The third-order valence-corrected chi connectivity index (χ3v) is 1.59. The molecule has 0 aliphatic carbocycles. The summed E-state index contributed by atoms with van der Waals surface area (Å²) in [5.74, 6) is -2.15. The maximum absolute atomic E-state index is 10.2. The van der Waals surface area contributed by atoms with Gasteiger partial charge in [-0.25, -0.2) is 0 Å². The van der Waals surface area contributed by atoms with Gasteiger partial charge in [0.25, 0.3) is 0 Å². The second kappa shape index (κ2) is 1.95. The first-order chi connectivity index (χ1) is 4.55. The van der Waals surface area contributed by atoms with E-state index in [0.717, 1.165) is 0 Å². The standard InChI is InChI=1S/C5H7NO4/c1-6-2(4(7)8)3(6)5(9)10/h2-3H,1H3,(H,7,8)(H,9,10)/t2-,3?,6?/m0/s1. The zero-order chi connectivity index (χ0) is 7.89. The molecule has 0 spiro atoms. The van der Waals surface area contributed by atoms with Crippen molar-refractivity contribution in [2.75, 3.05) is 7.05 Å². The molecule has 0 radical (unpaired) electrons. The predicted molar refractivity (Wildman–Crippen MR) is 30.6 cm³/mol. The number of carboxylic acid groups (broad SMARTS) is 2. The van der Waals surface area contributed by atoms with E-state index in [1.54, 1.807) is 0 Å². The molecule has 1 fully saturated rings. The highest BCUT2D eigenvalue weighted by atomic mass is 16.4. The van der Waals surface area contributed by atoms with Gasteiger partial charge in [0.1, 0.15) is 12.1 Å². The Kier molecular flexibility index (Phi) is 1.37. The fourth-order valence-corrected chi connectivity index (χ4v) is 0.958. The van der Waals surface area contributed by atoms with Gasteiger partial charge in [-0.15, -0.1) is 0 Å². The number of aliphatic carboxylic acids is 2. The summed E-state index contributed by atoms with van der Waals surface area (Å²) in [5, 5.41) is 16.7. The minimum absolute atomic E-state index is 0.822. The maximum Gasteiger partial charge on any atom is 0.323 e. The summed E-state index contributed by atoms with van der Waals surface area (Å²) in [4.78, 5) is 21.6. The number of carbonyl (C=O) groups is 2. The van der Waals surface area contributed by atoms with Gasteiger partial charge in [-0.1, -0.05) is 0 Å². The molecule has 10 heavy (non-hydrogen) atoms. The number of carboxylic acids is 2. The van der Waals surface area contributed by atoms with Gasteiger partial charge in [0, 0.05) is 0 Å². The van der Waals surface area contributed by atoms with E-state index in [9.17, 15) is 9.59 Å². The molecule has 5 nitrogen and oxygen atoms in total. The van der Waals surface area contributed by atoms with Crippen LogP contribution in [-0.4, -0.2) is 46.2 Å². The molecule has 1 aliphatic rings. The van der Waals surface area contributed by atoms with Gasteiger partial charge in [0.15, 0.2) is 0 Å². The molecule has 0 amide bonds. The van der Waals surface area contributed by atoms with Crippen molar-refractivity contribution >= 4 is 11.9 Å². The van der Waals surface area contributed by atoms with E-state index >= 15 is 0 Å². The molecule has 0 saturated carbocycles. The summed E-state index contributed by atoms with van der Waals surface area (Å²) < 4.78 is 0. The van der Waals surface area contributed by atoms with E-state index in [2.05, 4.69) is 0 Å². The van der Waals surface area contributed by atoms with Gasteiger partial charge in [-0.2, -0.15) is 0 Å². The summed E-state index contributed by atoms with van der Waals surface area (Å²) in [7, 11) is 1.47. The minimum Gasteiger partial charge on any atom is -0.480 e. The van der Waals surface area contributed by atoms with Crippen molar-refractivity contribution in [2.45, 2.75) is 12.1 Å². The molecular formula is C5H7NO4. The van der Waals surface area contributed by atoms with Gasteiger partial charge < -0.3 is 10.2 Å². The lowest BCUT2D eigenvalue weighted by atomic mass is 10.3. The third-order valence-electron chi connectivity index (χ3n) is 1.59. The average molecular weight is 145 g/mol. The van der Waals surface area contributed by atoms with E-state index in [1.807, 2.05) is 0 Å². The second-order valence-electron chi connectivity index (χ2n) is 2.23. The van der Waals surface area contributed by atoms with E-state index in [-0.39, 0.29) is 0 Å². The Bertz CT molecular complexity index is 170. The summed E-state index contributed by atoms with van der Waals surface area (Å²) in [5.41, 5.74) is 0. The van der Waals surface area contributed by atoms with Crippen molar-refractivity contribution in [3.63, 3.8) is 0 Å². The number of hydrogen-bond acceptors (Lipinski definition) is 3. The smallest absolute Gasteiger partial charge is 0.323 e. The van der Waals surface area contributed by atoms with Gasteiger partial charge >= 0.3 is 11.9 Å². The third kappa shape index (κ3) is 0.841. The fourth-order valence-electron chi connectivity index (χ4n) is 0.958. The van der Waals surface area contributed by atoms with Crippen LogP contribution in [0.4, 0.5) is 0 Å². The van der Waals surface area contributed by atoms with Crippen LogP contribution in [0.25, 0.3) is 0 Å². The number of likely N-dealkylation sites (N-methyl/N-ethyl adjacent to an activating group) is 1. The SMILES string of the molecule is CN1C(C(=O)O)[C@H]1C(=O)O. The highest BCUT2D eigenvalue weighted by Gasteiger charge is 2.55. The summed E-state index contributed by atoms with van der Waals surface area (Å²) in [6.45, 7) is 0. The van der Waals surface area contributed by atoms with E-state index in [4.69, 9.17) is 10.2 Å². The second-order valence-corrected chi connectivity index (χ2v) is 2.23. The Hall–Kier alpha value is -1.10. The number of hydrogen-bond donors (Lipinski definition) is 2. The first kappa shape index (κ1) is 7.01. The van der Waals surface area contributed by atoms with Gasteiger partial charge in [-0.05, 0) is 7.05 Å². The van der Waals surface area contributed by atoms with Crippen molar-refractivity contribution in [1.29, 1.82) is 0 Å². The van der Waals surface area contributed by atoms with Gasteiger partial charge in [0.2, 0.25) is 0 Å². The Morgan fingerprint density at radius 2 is 1.50 bits per heavy atom. The quantitative estimate of drug-likeness (QED) is 0.479. The van der Waals surface area contributed by atoms with E-state index in [1.165, 1.54) is 11.9 Å². The molecule has 3 atom stereocenters. The molecule has 2 N–H and O–H groups in total. The number of rotatable bonds is 2. The summed E-state index contributed by atoms with van der Waals surface area (Å²) >= 11 is 0. The Morgan fingerprint density at radius 3 is 1.60 bits per heavy atom. The Labute approximate surface area is 56.9 Å². The molecule has 1 rings (SSSR count). The zero-order valence-corrected chi connectivity index (χ0v) is 5.31. The van der Waals surface area contributed by atoms with Crippen LogP contribution < -0.4 is 0 Å². The van der Waals surface area contributed by atoms with Crippen molar-refractivity contribution in [1.82, 2.24) is 4.90 Å². The van der Waals surface area contributed by atoms with Crippen molar-refractivity contribution < 1.29 is 19.8 Å². The lowest BCUT2D eigenvalue weighted by Gasteiger charge is -1.82. The van der Waals surface area contributed by atoms with Crippen LogP contribution in [0.15, 0.2) is 0 Å². The van der Waals surface area contributed by atoms with Crippen LogP contribution in [0, 0.1) is 0 Å². The molecule has 0 aromatic rings. The Balaban J connectivity index is 2.57. The van der Waals surface area contributed by atoms with Crippen LogP contribution >= 0.6 is 0 Å². The normalized spacial score (nSPS) is 37.1. The van der Waals surface area contributed by atoms with E-state index in [0.29, 0.717) is 0 Å². The summed E-state index contributed by atoms with van der Waals surface area (Å²) in [6, 6.07) is -1.64. The largest absolute Gasteiger partial charge is 0.480 e. The zero-order valence-electron chi connectivity index (χ0n) is 5.31. The predicted octanol–water partition coefficient (Wildman–Crippen LogP) is -1.16. The van der Waals surface area contributed by atoms with Crippen LogP contribution in [0.5, 0.6) is 0 Å². The monoisotopic (exact) mass is 145 g/mol. The first-order valence-electron chi connectivity index (χ1n) is 2.73. The van der Waals surface area contributed by atoms with Crippen molar-refractivity contribution in [3.8, 4) is 0 Å². The molecule has 0 aromatic carbocycles. The van der Waals surface area contributed by atoms with Gasteiger partial charge in [-0.3, -0.25) is 14.5 Å². The molecule has 1 heterocycles. The minimum atomic E-state index is -1.07. The van der Waals surface area contributed by atoms with Crippen LogP contribution in [0.3, 0.4) is 0 Å². The fraction of sp³-hybridized carbons (Fsp3) is 0.600. The first-order valence-corrected chi connectivity index (χ1v) is 2.73. The van der Waals surface area contributed by atoms with Gasteiger partial charge in [0.05, 0.1) is 0 Å². The highest BCUT2D eigenvalue weighted by Crippen LogP contribution is 2.25. The lowest BCUT2D eigenvalue weighted by Crippen LogP contribution is -2.14.